The third-order valence-electron chi connectivity index (χ3n) is 9.37. The van der Waals surface area contributed by atoms with Crippen molar-refractivity contribution in [3.63, 3.8) is 0 Å². The van der Waals surface area contributed by atoms with E-state index in [2.05, 4.69) is 0 Å². The van der Waals surface area contributed by atoms with Gasteiger partial charge in [0.05, 0.1) is 11.1 Å². The Bertz CT molecular complexity index is 1490. The first-order valence-electron chi connectivity index (χ1n) is 17.4. The molecule has 0 bridgehead atoms. The second-order valence-corrected chi connectivity index (χ2v) is 12.9. The first-order valence-corrected chi connectivity index (χ1v) is 17.4. The molecule has 2 aliphatic rings. The molecule has 0 heterocycles. The molecule has 0 atom stereocenters. The molecule has 0 amide bonds. The van der Waals surface area contributed by atoms with Gasteiger partial charge in [-0.05, 0) is 121 Å². The van der Waals surface area contributed by atoms with E-state index in [-0.39, 0.29) is 24.1 Å². The SMILES string of the molecule is O=C(OC1CCCCCCC1)c1ccc2cc(OCCOc3ccc4cc(C(=O)OC5CCCCCCC5)ccc4c3)ccc2c1. The van der Waals surface area contributed by atoms with Crippen LogP contribution >= 0.6 is 0 Å². The minimum absolute atomic E-state index is 0.0277. The Morgan fingerprint density at radius 3 is 1.22 bits per heavy atom. The first-order chi connectivity index (χ1) is 22.6. The minimum Gasteiger partial charge on any atom is -0.490 e. The summed E-state index contributed by atoms with van der Waals surface area (Å²) in [5, 5.41) is 3.96. The van der Waals surface area contributed by atoms with E-state index < -0.39 is 0 Å². The maximum absolute atomic E-state index is 12.8. The van der Waals surface area contributed by atoms with Crippen LogP contribution in [-0.4, -0.2) is 37.4 Å². The van der Waals surface area contributed by atoms with Crippen molar-refractivity contribution in [1.29, 1.82) is 0 Å². The zero-order valence-electron chi connectivity index (χ0n) is 26.8. The Labute approximate surface area is 272 Å². The lowest BCUT2D eigenvalue weighted by molar-refractivity contribution is 0.0230. The first kappa shape index (κ1) is 31.9. The highest BCUT2D eigenvalue weighted by Gasteiger charge is 2.19. The van der Waals surface area contributed by atoms with E-state index in [1.54, 1.807) is 0 Å². The maximum atomic E-state index is 12.8. The van der Waals surface area contributed by atoms with Crippen LogP contribution in [0.1, 0.15) is 111 Å². The number of rotatable bonds is 9. The summed E-state index contributed by atoms with van der Waals surface area (Å²) in [6, 6.07) is 23.1. The van der Waals surface area contributed by atoms with Crippen LogP contribution in [0.15, 0.2) is 72.8 Å². The van der Waals surface area contributed by atoms with Crippen molar-refractivity contribution >= 4 is 33.5 Å². The summed E-state index contributed by atoms with van der Waals surface area (Å²) in [5.74, 6) is 1.03. The highest BCUT2D eigenvalue weighted by Crippen LogP contribution is 2.27. The molecule has 4 aromatic rings. The Balaban J connectivity index is 0.979. The van der Waals surface area contributed by atoms with Gasteiger partial charge in [-0.25, -0.2) is 9.59 Å². The Hall–Kier alpha value is -4.06. The molecule has 0 radical (unpaired) electrons. The van der Waals surface area contributed by atoms with Gasteiger partial charge in [-0.3, -0.25) is 0 Å². The van der Waals surface area contributed by atoms with Gasteiger partial charge < -0.3 is 18.9 Å². The van der Waals surface area contributed by atoms with Crippen molar-refractivity contribution in [2.24, 2.45) is 0 Å². The molecule has 6 rings (SSSR count). The second-order valence-electron chi connectivity index (χ2n) is 12.9. The third-order valence-corrected chi connectivity index (χ3v) is 9.37. The summed E-state index contributed by atoms with van der Waals surface area (Å²) in [6.07, 6.45) is 15.9. The summed E-state index contributed by atoms with van der Waals surface area (Å²) in [7, 11) is 0. The molecule has 242 valence electrons. The second kappa shape index (κ2) is 16.0. The maximum Gasteiger partial charge on any atom is 0.338 e. The highest BCUT2D eigenvalue weighted by molar-refractivity contribution is 5.96. The zero-order chi connectivity index (χ0) is 31.6. The average Bonchev–Trinajstić information content (AvgIpc) is 3.04. The van der Waals surface area contributed by atoms with Crippen LogP contribution in [0.25, 0.3) is 21.5 Å². The number of benzene rings is 4. The molecule has 0 saturated heterocycles. The van der Waals surface area contributed by atoms with E-state index in [9.17, 15) is 9.59 Å². The molecule has 2 fully saturated rings. The van der Waals surface area contributed by atoms with Crippen molar-refractivity contribution in [2.45, 2.75) is 102 Å². The summed E-state index contributed by atoms with van der Waals surface area (Å²) >= 11 is 0. The van der Waals surface area contributed by atoms with Crippen molar-refractivity contribution in [2.75, 3.05) is 13.2 Å². The lowest BCUT2D eigenvalue weighted by Gasteiger charge is -2.20. The van der Waals surface area contributed by atoms with E-state index in [0.717, 1.165) is 84.4 Å². The van der Waals surface area contributed by atoms with E-state index in [1.165, 1.54) is 38.5 Å². The Morgan fingerprint density at radius 1 is 0.457 bits per heavy atom. The van der Waals surface area contributed by atoms with Crippen LogP contribution in [-0.2, 0) is 9.47 Å². The monoisotopic (exact) mass is 622 g/mol. The fraction of sp³-hybridized carbons (Fsp3) is 0.450. The third kappa shape index (κ3) is 8.80. The van der Waals surface area contributed by atoms with E-state index >= 15 is 0 Å². The largest absolute Gasteiger partial charge is 0.490 e. The number of carbonyl (C=O) groups is 2. The lowest BCUT2D eigenvalue weighted by Crippen LogP contribution is -2.19. The molecule has 2 saturated carbocycles. The van der Waals surface area contributed by atoms with Crippen molar-refractivity contribution in [3.05, 3.63) is 83.9 Å². The standard InChI is InChI=1S/C40H46O6/c41-39(45-35-11-7-3-1-4-8-12-35)33-17-15-31-27-37(21-19-29(31)25-33)43-23-24-44-38-22-20-30-26-34(18-16-32(30)28-38)40(42)46-36-13-9-5-2-6-10-14-36/h15-22,25-28,35-36H,1-14,23-24H2. The summed E-state index contributed by atoms with van der Waals surface area (Å²) in [5.41, 5.74) is 1.18. The van der Waals surface area contributed by atoms with Gasteiger partial charge in [0.2, 0.25) is 0 Å². The molecule has 0 N–H and O–H groups in total. The van der Waals surface area contributed by atoms with Gasteiger partial charge in [0, 0.05) is 0 Å². The number of esters is 2. The van der Waals surface area contributed by atoms with Gasteiger partial charge in [-0.2, -0.15) is 0 Å². The minimum atomic E-state index is -0.234. The molecule has 6 nitrogen and oxygen atoms in total. The van der Waals surface area contributed by atoms with Gasteiger partial charge >= 0.3 is 11.9 Å². The van der Waals surface area contributed by atoms with Gasteiger partial charge in [0.1, 0.15) is 36.9 Å². The highest BCUT2D eigenvalue weighted by atomic mass is 16.5. The number of ether oxygens (including phenoxy) is 4. The molecule has 4 aromatic carbocycles. The van der Waals surface area contributed by atoms with Crippen LogP contribution in [0, 0.1) is 0 Å². The fourth-order valence-corrected chi connectivity index (χ4v) is 6.71. The van der Waals surface area contributed by atoms with E-state index in [4.69, 9.17) is 18.9 Å². The molecule has 6 heteroatoms. The molecular formula is C40H46O6. The molecule has 2 aliphatic carbocycles. The van der Waals surface area contributed by atoms with E-state index in [0.29, 0.717) is 24.3 Å². The van der Waals surface area contributed by atoms with Crippen molar-refractivity contribution < 1.29 is 28.5 Å². The molecule has 0 spiro atoms. The van der Waals surface area contributed by atoms with Gasteiger partial charge in [-0.15, -0.1) is 0 Å². The van der Waals surface area contributed by atoms with Gasteiger partial charge in [0.15, 0.2) is 0 Å². The van der Waals surface area contributed by atoms with Crippen molar-refractivity contribution in [3.8, 4) is 11.5 Å². The number of carbonyl (C=O) groups excluding carboxylic acids is 2. The zero-order valence-corrected chi connectivity index (χ0v) is 26.8. The normalized spacial score (nSPS) is 17.0. The molecule has 0 aromatic heterocycles. The van der Waals surface area contributed by atoms with Crippen LogP contribution in [0.5, 0.6) is 11.5 Å². The number of hydrogen-bond donors (Lipinski definition) is 0. The molecule has 0 unspecified atom stereocenters. The quantitative estimate of drug-likeness (QED) is 0.137. The van der Waals surface area contributed by atoms with Crippen LogP contribution in [0.2, 0.25) is 0 Å². The fourth-order valence-electron chi connectivity index (χ4n) is 6.71. The summed E-state index contributed by atoms with van der Waals surface area (Å²) < 4.78 is 23.7. The van der Waals surface area contributed by atoms with Gasteiger partial charge in [-0.1, -0.05) is 62.8 Å². The Kier molecular flexibility index (Phi) is 11.1. The van der Waals surface area contributed by atoms with Gasteiger partial charge in [0.25, 0.3) is 0 Å². The predicted octanol–water partition coefficient (Wildman–Crippen LogP) is 9.99. The molecule has 46 heavy (non-hydrogen) atoms. The smallest absolute Gasteiger partial charge is 0.338 e. The topological polar surface area (TPSA) is 71.1 Å². The van der Waals surface area contributed by atoms with E-state index in [1.807, 2.05) is 72.8 Å². The van der Waals surface area contributed by atoms with Crippen LogP contribution < -0.4 is 9.47 Å². The van der Waals surface area contributed by atoms with Crippen LogP contribution in [0.4, 0.5) is 0 Å². The number of hydrogen-bond acceptors (Lipinski definition) is 6. The lowest BCUT2D eigenvalue weighted by atomic mass is 9.98. The average molecular weight is 623 g/mol. The van der Waals surface area contributed by atoms with Crippen molar-refractivity contribution in [1.82, 2.24) is 0 Å². The number of fused-ring (bicyclic) bond motifs is 2. The summed E-state index contributed by atoms with van der Waals surface area (Å²) in [4.78, 5) is 25.7. The molecular weight excluding hydrogens is 576 g/mol. The molecule has 0 aliphatic heterocycles. The Morgan fingerprint density at radius 2 is 0.804 bits per heavy atom. The predicted molar refractivity (Wildman–Crippen MR) is 182 cm³/mol. The summed E-state index contributed by atoms with van der Waals surface area (Å²) in [6.45, 7) is 0.780. The van der Waals surface area contributed by atoms with Crippen LogP contribution in [0.3, 0.4) is 0 Å².